The molecule has 2 aliphatic carbocycles. The molecule has 5 heteroatoms. The molecule has 1 aromatic carbocycles. The van der Waals surface area contributed by atoms with Gasteiger partial charge in [0, 0.05) is 31.4 Å². The van der Waals surface area contributed by atoms with E-state index in [1.807, 2.05) is 17.9 Å². The van der Waals surface area contributed by atoms with Gasteiger partial charge >= 0.3 is 0 Å². The maximum atomic E-state index is 12.5. The van der Waals surface area contributed by atoms with E-state index in [9.17, 15) is 10.1 Å². The van der Waals surface area contributed by atoms with Gasteiger partial charge in [-0.1, -0.05) is 6.07 Å². The minimum absolute atomic E-state index is 0.000180. The van der Waals surface area contributed by atoms with Gasteiger partial charge in [-0.25, -0.2) is 0 Å². The number of ketones is 1. The summed E-state index contributed by atoms with van der Waals surface area (Å²) in [6.07, 6.45) is 5.66. The molecule has 25 heavy (non-hydrogen) atoms. The van der Waals surface area contributed by atoms with E-state index in [0.717, 1.165) is 18.6 Å². The van der Waals surface area contributed by atoms with E-state index < -0.39 is 5.60 Å². The van der Waals surface area contributed by atoms with Crippen LogP contribution in [0.5, 0.6) is 5.75 Å². The molecule has 0 amide bonds. The van der Waals surface area contributed by atoms with Crippen molar-refractivity contribution in [2.45, 2.75) is 56.1 Å². The zero-order chi connectivity index (χ0) is 17.7. The third-order valence-corrected chi connectivity index (χ3v) is 6.55. The summed E-state index contributed by atoms with van der Waals surface area (Å²) in [4.78, 5) is 14.4. The van der Waals surface area contributed by atoms with E-state index in [4.69, 9.17) is 9.47 Å². The van der Waals surface area contributed by atoms with E-state index in [1.165, 1.54) is 11.1 Å². The Kier molecular flexibility index (Phi) is 3.77. The van der Waals surface area contributed by atoms with Crippen molar-refractivity contribution in [2.24, 2.45) is 0 Å². The monoisotopic (exact) mass is 340 g/mol. The van der Waals surface area contributed by atoms with Crippen molar-refractivity contribution in [3.63, 3.8) is 0 Å². The molecule has 2 bridgehead atoms. The van der Waals surface area contributed by atoms with Crippen LogP contribution in [0.1, 0.15) is 43.7 Å². The second-order valence-electron chi connectivity index (χ2n) is 7.41. The molecule has 0 unspecified atom stereocenters. The summed E-state index contributed by atoms with van der Waals surface area (Å²) >= 11 is 0. The lowest BCUT2D eigenvalue weighted by atomic mass is 9.49. The Morgan fingerprint density at radius 2 is 2.24 bits per heavy atom. The van der Waals surface area contributed by atoms with Gasteiger partial charge in [0.15, 0.2) is 6.19 Å². The molecular weight excluding hydrogens is 316 g/mol. The molecule has 4 rings (SSSR count). The minimum atomic E-state index is -0.469. The molecule has 1 aromatic rings. The molecule has 3 atom stereocenters. The Morgan fingerprint density at radius 1 is 1.40 bits per heavy atom. The lowest BCUT2D eigenvalue weighted by Gasteiger charge is -2.64. The topological polar surface area (TPSA) is 62.6 Å². The summed E-state index contributed by atoms with van der Waals surface area (Å²) < 4.78 is 11.9. The van der Waals surface area contributed by atoms with Gasteiger partial charge in [0.2, 0.25) is 0 Å². The number of piperidine rings is 1. The van der Waals surface area contributed by atoms with Crippen molar-refractivity contribution >= 4 is 5.78 Å². The van der Waals surface area contributed by atoms with Crippen molar-refractivity contribution in [1.82, 2.24) is 4.90 Å². The number of hydrogen-bond acceptors (Lipinski definition) is 5. The van der Waals surface area contributed by atoms with Crippen LogP contribution < -0.4 is 4.74 Å². The van der Waals surface area contributed by atoms with Gasteiger partial charge in [-0.2, -0.15) is 5.26 Å². The highest BCUT2D eigenvalue weighted by atomic mass is 16.5. The Balaban J connectivity index is 1.97. The first-order chi connectivity index (χ1) is 12.1. The maximum absolute atomic E-state index is 12.5. The van der Waals surface area contributed by atoms with Crippen LogP contribution in [-0.2, 0) is 21.4 Å². The second kappa shape index (κ2) is 5.74. The van der Waals surface area contributed by atoms with Gasteiger partial charge in [0.1, 0.15) is 17.1 Å². The quantitative estimate of drug-likeness (QED) is 0.792. The number of hydrogen-bond donors (Lipinski definition) is 0. The Morgan fingerprint density at radius 3 is 2.96 bits per heavy atom. The molecule has 1 aliphatic heterocycles. The molecule has 0 N–H and O–H groups in total. The van der Waals surface area contributed by atoms with E-state index in [1.54, 1.807) is 7.11 Å². The lowest BCUT2D eigenvalue weighted by Crippen LogP contribution is -2.73. The van der Waals surface area contributed by atoms with Crippen LogP contribution in [0.15, 0.2) is 18.2 Å². The summed E-state index contributed by atoms with van der Waals surface area (Å²) in [5.74, 6) is 1.12. The number of carbonyl (C=O) groups excluding carboxylic acids is 1. The highest BCUT2D eigenvalue weighted by Gasteiger charge is 2.66. The third-order valence-electron chi connectivity index (χ3n) is 6.55. The molecule has 1 saturated heterocycles. The van der Waals surface area contributed by atoms with Crippen LogP contribution >= 0.6 is 0 Å². The van der Waals surface area contributed by atoms with Gasteiger partial charge in [-0.15, -0.1) is 0 Å². The number of benzene rings is 1. The number of nitrogens with zero attached hydrogens (tertiary/aromatic N) is 2. The van der Waals surface area contributed by atoms with Crippen molar-refractivity contribution in [1.29, 1.82) is 5.26 Å². The van der Waals surface area contributed by atoms with Gasteiger partial charge in [-0.3, -0.25) is 4.79 Å². The fraction of sp³-hybridized carbons (Fsp3) is 0.600. The van der Waals surface area contributed by atoms with Crippen LogP contribution in [0.25, 0.3) is 0 Å². The van der Waals surface area contributed by atoms with Crippen LogP contribution in [0, 0.1) is 11.5 Å². The number of fused-ring (bicyclic) bond motifs is 1. The van der Waals surface area contributed by atoms with Crippen molar-refractivity contribution in [3.05, 3.63) is 29.3 Å². The minimum Gasteiger partial charge on any atom is -0.497 e. The van der Waals surface area contributed by atoms with E-state index >= 15 is 0 Å². The fourth-order valence-electron chi connectivity index (χ4n) is 5.57. The SMILES string of the molecule is CCO[C@@]12CCC(=O)C[C@@]13CCN(C#N)[C@@H]2Cc1ccc(OC)cc13. The highest BCUT2D eigenvalue weighted by Crippen LogP contribution is 2.59. The zero-order valence-corrected chi connectivity index (χ0v) is 14.9. The fourth-order valence-corrected chi connectivity index (χ4v) is 5.57. The molecule has 2 fully saturated rings. The predicted molar refractivity (Wildman–Crippen MR) is 92.3 cm³/mol. The van der Waals surface area contributed by atoms with Crippen molar-refractivity contribution in [2.75, 3.05) is 20.3 Å². The first-order valence-electron chi connectivity index (χ1n) is 9.09. The number of ether oxygens (including phenoxy) is 2. The Labute approximate surface area is 148 Å². The normalized spacial score (nSPS) is 33.2. The lowest BCUT2D eigenvalue weighted by molar-refractivity contribution is -0.189. The summed E-state index contributed by atoms with van der Waals surface area (Å²) in [5.41, 5.74) is 1.60. The standard InChI is InChI=1S/C20H24N2O3/c1-3-25-20-7-6-15(23)12-19(20)8-9-22(13-21)18(20)10-14-4-5-16(24-2)11-17(14)19/h4-5,11,18H,3,6-10,12H2,1-2H3/t18-,19-,20-/m1/s1. The number of nitriles is 1. The number of Topliss-reactive ketones (excluding diaryl/α,β-unsaturated/α-hetero) is 1. The molecule has 0 aromatic heterocycles. The molecule has 0 radical (unpaired) electrons. The molecule has 1 heterocycles. The summed E-state index contributed by atoms with van der Waals surface area (Å²) in [6, 6.07) is 6.17. The number of methoxy groups -OCH3 is 1. The van der Waals surface area contributed by atoms with Gasteiger partial charge < -0.3 is 14.4 Å². The molecule has 5 nitrogen and oxygen atoms in total. The Hall–Kier alpha value is -2.06. The summed E-state index contributed by atoms with van der Waals surface area (Å²) in [5, 5.41) is 9.69. The molecular formula is C20H24N2O3. The van der Waals surface area contributed by atoms with Crippen LogP contribution in [0.3, 0.4) is 0 Å². The van der Waals surface area contributed by atoms with Gasteiger partial charge in [0.05, 0.1) is 13.2 Å². The smallest absolute Gasteiger partial charge is 0.179 e. The zero-order valence-electron chi connectivity index (χ0n) is 14.9. The number of likely N-dealkylation sites (tertiary alicyclic amines) is 1. The predicted octanol–water partition coefficient (Wildman–Crippen LogP) is 2.57. The first-order valence-corrected chi connectivity index (χ1v) is 9.09. The molecule has 3 aliphatic rings. The van der Waals surface area contributed by atoms with Crippen molar-refractivity contribution in [3.8, 4) is 11.9 Å². The van der Waals surface area contributed by atoms with Crippen LogP contribution in [0.2, 0.25) is 0 Å². The summed E-state index contributed by atoms with van der Waals surface area (Å²) in [7, 11) is 1.67. The van der Waals surface area contributed by atoms with Gasteiger partial charge in [-0.05, 0) is 49.4 Å². The molecule has 0 spiro atoms. The van der Waals surface area contributed by atoms with Crippen molar-refractivity contribution < 1.29 is 14.3 Å². The van der Waals surface area contributed by atoms with Gasteiger partial charge in [0.25, 0.3) is 0 Å². The van der Waals surface area contributed by atoms with E-state index in [-0.39, 0.29) is 11.5 Å². The summed E-state index contributed by atoms with van der Waals surface area (Å²) in [6.45, 7) is 3.28. The van der Waals surface area contributed by atoms with E-state index in [0.29, 0.717) is 38.2 Å². The average Bonchev–Trinajstić information content (AvgIpc) is 2.62. The largest absolute Gasteiger partial charge is 0.497 e. The van der Waals surface area contributed by atoms with E-state index in [2.05, 4.69) is 18.3 Å². The Bertz CT molecular complexity index is 756. The average molecular weight is 340 g/mol. The molecule has 1 saturated carbocycles. The number of carbonyl (C=O) groups is 1. The highest BCUT2D eigenvalue weighted by molar-refractivity contribution is 5.82. The van der Waals surface area contributed by atoms with Crippen LogP contribution in [-0.4, -0.2) is 42.6 Å². The number of rotatable bonds is 3. The molecule has 132 valence electrons. The second-order valence-corrected chi connectivity index (χ2v) is 7.41. The third kappa shape index (κ3) is 2.07. The first kappa shape index (κ1) is 16.4. The van der Waals surface area contributed by atoms with Crippen LogP contribution in [0.4, 0.5) is 0 Å². The maximum Gasteiger partial charge on any atom is 0.179 e.